The molecule has 1 aliphatic heterocycles. The summed E-state index contributed by atoms with van der Waals surface area (Å²) in [5.74, 6) is -2.69. The number of aryl methyl sites for hydroxylation is 1. The fraction of sp³-hybridized carbons (Fsp3) is 0.481. The lowest BCUT2D eigenvalue weighted by Gasteiger charge is -2.29. The maximum Gasteiger partial charge on any atom is 0.351 e. The molecule has 1 aliphatic rings. The van der Waals surface area contributed by atoms with Crippen LogP contribution in [0.2, 0.25) is 10.0 Å². The molecule has 5 nitrogen and oxygen atoms in total. The van der Waals surface area contributed by atoms with Gasteiger partial charge < -0.3 is 14.0 Å². The van der Waals surface area contributed by atoms with E-state index in [0.717, 1.165) is 40.9 Å². The van der Waals surface area contributed by atoms with Gasteiger partial charge in [-0.2, -0.15) is 0 Å². The van der Waals surface area contributed by atoms with Crippen molar-refractivity contribution >= 4 is 62.4 Å². The lowest BCUT2D eigenvalue weighted by Crippen LogP contribution is -2.44. The Morgan fingerprint density at radius 1 is 0.853 bits per heavy atom. The molecule has 0 bridgehead atoms. The van der Waals surface area contributed by atoms with Crippen LogP contribution in [0.3, 0.4) is 0 Å². The van der Waals surface area contributed by atoms with Gasteiger partial charge in [0.25, 0.3) is 5.79 Å². The van der Waals surface area contributed by atoms with Crippen LogP contribution < -0.4 is 5.35 Å². The molecule has 0 radical (unpaired) electrons. The summed E-state index contributed by atoms with van der Waals surface area (Å²) in [5, 5.41) is 3.90. The minimum absolute atomic E-state index is 0.102. The molecule has 182 valence electrons. The van der Waals surface area contributed by atoms with Gasteiger partial charge in [-0.05, 0) is 12.5 Å². The van der Waals surface area contributed by atoms with E-state index in [9.17, 15) is 9.59 Å². The second-order valence-corrected chi connectivity index (χ2v) is 10.3. The van der Waals surface area contributed by atoms with Crippen molar-refractivity contribution in [3.8, 4) is 0 Å². The Morgan fingerprint density at radius 2 is 1.44 bits per heavy atom. The molecule has 0 unspecified atom stereocenters. The summed E-state index contributed by atoms with van der Waals surface area (Å²) < 4.78 is 12.8. The number of aromatic nitrogens is 1. The molecule has 4 rings (SSSR count). The number of hydrogen-bond acceptors (Lipinski definition) is 4. The van der Waals surface area contributed by atoms with Gasteiger partial charge in [-0.3, -0.25) is 0 Å². The first kappa shape index (κ1) is 24.9. The van der Waals surface area contributed by atoms with Crippen LogP contribution in [-0.2, 0) is 25.6 Å². The third-order valence-electron chi connectivity index (χ3n) is 6.39. The summed E-state index contributed by atoms with van der Waals surface area (Å²) in [7, 11) is 0. The minimum atomic E-state index is -1.31. The summed E-state index contributed by atoms with van der Waals surface area (Å²) in [5.41, 5.74) is 0.669. The zero-order chi connectivity index (χ0) is 24.5. The molecule has 7 heteroatoms. The standard InChI is InChI=1S/C27H31Cl2NO4/c1-4-5-6-7-8-9-10-11-15-30-23(22-25(31)33-27(2,3)34-26(22)32)18-14-12-13-17-19(28)16-20(29)24(30)21(17)18/h12-14,16H,4-11,15H2,1-3H3. The van der Waals surface area contributed by atoms with Crippen molar-refractivity contribution in [3.63, 3.8) is 0 Å². The van der Waals surface area contributed by atoms with E-state index in [1.54, 1.807) is 19.9 Å². The zero-order valence-corrected chi connectivity index (χ0v) is 21.5. The SMILES string of the molecule is CCCCCCCCCCn1c(=C2C(=O)OC(C)(C)OC2=O)c2cccc3c(Cl)cc(Cl)c1c32. The molecule has 0 N–H and O–H groups in total. The molecule has 2 aromatic carbocycles. The average molecular weight is 504 g/mol. The highest BCUT2D eigenvalue weighted by Gasteiger charge is 2.40. The number of carbonyl (C=O) groups excluding carboxylic acids is 2. The largest absolute Gasteiger partial charge is 0.419 e. The molecule has 1 fully saturated rings. The Balaban J connectivity index is 1.79. The number of ether oxygens (including phenoxy) is 2. The van der Waals surface area contributed by atoms with E-state index in [2.05, 4.69) is 6.92 Å². The Kier molecular flexibility index (Phi) is 7.44. The molecule has 0 amide bonds. The van der Waals surface area contributed by atoms with Crippen molar-refractivity contribution in [3.05, 3.63) is 39.7 Å². The number of nitrogens with zero attached hydrogens (tertiary/aromatic N) is 1. The smallest absolute Gasteiger partial charge is 0.351 e. The highest BCUT2D eigenvalue weighted by atomic mass is 35.5. The first-order valence-electron chi connectivity index (χ1n) is 12.1. The lowest BCUT2D eigenvalue weighted by atomic mass is 10.1. The number of esters is 2. The quantitative estimate of drug-likeness (QED) is 0.234. The summed E-state index contributed by atoms with van der Waals surface area (Å²) in [4.78, 5) is 26.0. The fourth-order valence-corrected chi connectivity index (χ4v) is 5.47. The van der Waals surface area contributed by atoms with Crippen molar-refractivity contribution in [1.29, 1.82) is 0 Å². The van der Waals surface area contributed by atoms with Gasteiger partial charge in [-0.25, -0.2) is 9.59 Å². The number of rotatable bonds is 9. The maximum absolute atomic E-state index is 13.0. The van der Waals surface area contributed by atoms with Crippen LogP contribution >= 0.6 is 23.2 Å². The highest BCUT2D eigenvalue weighted by molar-refractivity contribution is 6.44. The number of cyclic esters (lactones) is 2. The third kappa shape index (κ3) is 4.78. The second-order valence-electron chi connectivity index (χ2n) is 9.45. The molecule has 0 aliphatic carbocycles. The van der Waals surface area contributed by atoms with Crippen LogP contribution in [0.4, 0.5) is 0 Å². The van der Waals surface area contributed by atoms with Crippen LogP contribution in [-0.4, -0.2) is 22.3 Å². The Bertz CT molecular complexity index is 1270. The predicted molar refractivity (Wildman–Crippen MR) is 137 cm³/mol. The van der Waals surface area contributed by atoms with Gasteiger partial charge in [0.05, 0.1) is 20.9 Å². The van der Waals surface area contributed by atoms with E-state index in [4.69, 9.17) is 32.7 Å². The molecule has 2 heterocycles. The molecule has 1 aromatic heterocycles. The lowest BCUT2D eigenvalue weighted by molar-refractivity contribution is -0.217. The van der Waals surface area contributed by atoms with Crippen LogP contribution in [0.25, 0.3) is 27.2 Å². The van der Waals surface area contributed by atoms with Crippen molar-refractivity contribution in [2.45, 2.75) is 84.5 Å². The number of unbranched alkanes of at least 4 members (excludes halogenated alkanes) is 7. The van der Waals surface area contributed by atoms with Gasteiger partial charge in [0.2, 0.25) is 0 Å². The molecule has 0 atom stereocenters. The normalized spacial score (nSPS) is 15.9. The van der Waals surface area contributed by atoms with Gasteiger partial charge in [0.1, 0.15) is 0 Å². The number of carbonyl (C=O) groups is 2. The summed E-state index contributed by atoms with van der Waals surface area (Å²) in [6, 6.07) is 7.39. The minimum Gasteiger partial charge on any atom is -0.419 e. The van der Waals surface area contributed by atoms with Gasteiger partial charge in [0, 0.05) is 36.6 Å². The number of hydrogen-bond donors (Lipinski definition) is 0. The van der Waals surface area contributed by atoms with E-state index < -0.39 is 17.7 Å². The highest BCUT2D eigenvalue weighted by Crippen LogP contribution is 2.37. The molecular weight excluding hydrogens is 473 g/mol. The van der Waals surface area contributed by atoms with Crippen LogP contribution in [0.15, 0.2) is 24.3 Å². The molecule has 34 heavy (non-hydrogen) atoms. The Morgan fingerprint density at radius 3 is 2.09 bits per heavy atom. The molecule has 0 saturated carbocycles. The van der Waals surface area contributed by atoms with Gasteiger partial charge >= 0.3 is 11.9 Å². The van der Waals surface area contributed by atoms with E-state index in [1.807, 2.05) is 22.8 Å². The predicted octanol–water partition coefficient (Wildman–Crippen LogP) is 6.95. The van der Waals surface area contributed by atoms with Crippen LogP contribution in [0.1, 0.15) is 72.1 Å². The summed E-state index contributed by atoms with van der Waals surface area (Å²) in [6.45, 7) is 5.92. The van der Waals surface area contributed by atoms with Crippen molar-refractivity contribution < 1.29 is 19.1 Å². The van der Waals surface area contributed by atoms with Crippen LogP contribution in [0, 0.1) is 0 Å². The Labute approximate surface area is 210 Å². The molecular formula is C27H31Cl2NO4. The fourth-order valence-electron chi connectivity index (χ4n) is 4.84. The first-order valence-corrected chi connectivity index (χ1v) is 12.9. The van der Waals surface area contributed by atoms with E-state index in [1.165, 1.54) is 32.1 Å². The second kappa shape index (κ2) is 10.2. The van der Waals surface area contributed by atoms with E-state index in [-0.39, 0.29) is 5.57 Å². The molecule has 1 saturated heterocycles. The number of benzene rings is 2. The van der Waals surface area contributed by atoms with E-state index >= 15 is 0 Å². The van der Waals surface area contributed by atoms with Crippen LogP contribution in [0.5, 0.6) is 0 Å². The maximum atomic E-state index is 13.0. The van der Waals surface area contributed by atoms with Gasteiger partial charge in [-0.15, -0.1) is 0 Å². The monoisotopic (exact) mass is 503 g/mol. The number of halogens is 2. The van der Waals surface area contributed by atoms with Crippen molar-refractivity contribution in [2.24, 2.45) is 0 Å². The topological polar surface area (TPSA) is 57.5 Å². The summed E-state index contributed by atoms with van der Waals surface area (Å²) >= 11 is 13.2. The summed E-state index contributed by atoms with van der Waals surface area (Å²) in [6.07, 6.45) is 9.39. The van der Waals surface area contributed by atoms with Gasteiger partial charge in [-0.1, -0.05) is 93.3 Å². The third-order valence-corrected chi connectivity index (χ3v) is 6.99. The van der Waals surface area contributed by atoms with Crippen molar-refractivity contribution in [2.75, 3.05) is 0 Å². The molecule has 0 spiro atoms. The first-order chi connectivity index (χ1) is 16.2. The van der Waals surface area contributed by atoms with Crippen molar-refractivity contribution in [1.82, 2.24) is 4.57 Å². The zero-order valence-electron chi connectivity index (χ0n) is 20.0. The molecule has 3 aromatic rings. The Hall–Kier alpha value is -2.24. The van der Waals surface area contributed by atoms with E-state index in [0.29, 0.717) is 21.9 Å². The van der Waals surface area contributed by atoms with Gasteiger partial charge in [0.15, 0.2) is 5.57 Å². The average Bonchev–Trinajstić information content (AvgIpc) is 3.08.